The van der Waals surface area contributed by atoms with Crippen LogP contribution in [0.25, 0.3) is 11.3 Å². The van der Waals surface area contributed by atoms with E-state index in [1.807, 2.05) is 44.2 Å². The first-order chi connectivity index (χ1) is 8.15. The van der Waals surface area contributed by atoms with Crippen LogP contribution < -0.4 is 5.32 Å². The number of nitrogens with zero attached hydrogens (tertiary/aromatic N) is 2. The Kier molecular flexibility index (Phi) is 3.59. The molecule has 3 nitrogen and oxygen atoms in total. The molecule has 0 amide bonds. The molecule has 0 aliphatic heterocycles. The van der Waals surface area contributed by atoms with Gasteiger partial charge < -0.3 is 5.32 Å². The molecular formula is C13H14ClN3. The van der Waals surface area contributed by atoms with Gasteiger partial charge in [-0.15, -0.1) is 0 Å². The van der Waals surface area contributed by atoms with Gasteiger partial charge in [0, 0.05) is 17.7 Å². The average molecular weight is 248 g/mol. The van der Waals surface area contributed by atoms with E-state index in [4.69, 9.17) is 11.6 Å². The van der Waals surface area contributed by atoms with Crippen molar-refractivity contribution in [1.29, 1.82) is 0 Å². The van der Waals surface area contributed by atoms with Crippen LogP contribution in [0.5, 0.6) is 0 Å². The minimum Gasteiger partial charge on any atom is -0.352 e. The zero-order valence-corrected chi connectivity index (χ0v) is 10.6. The van der Waals surface area contributed by atoms with E-state index in [1.54, 1.807) is 6.07 Å². The van der Waals surface area contributed by atoms with E-state index in [2.05, 4.69) is 15.3 Å². The van der Waals surface area contributed by atoms with E-state index in [9.17, 15) is 0 Å². The van der Waals surface area contributed by atoms with Crippen LogP contribution in [-0.2, 0) is 0 Å². The predicted octanol–water partition coefficient (Wildman–Crippen LogP) is 3.62. The van der Waals surface area contributed by atoms with E-state index in [0.717, 1.165) is 11.3 Å². The zero-order chi connectivity index (χ0) is 12.3. The molecule has 0 aliphatic carbocycles. The lowest BCUT2D eigenvalue weighted by molar-refractivity contribution is 0.875. The highest BCUT2D eigenvalue weighted by atomic mass is 35.5. The third-order valence-electron chi connectivity index (χ3n) is 2.18. The summed E-state index contributed by atoms with van der Waals surface area (Å²) < 4.78 is 0. The summed E-state index contributed by atoms with van der Waals surface area (Å²) in [7, 11) is 0. The average Bonchev–Trinajstić information content (AvgIpc) is 2.28. The molecule has 4 heteroatoms. The SMILES string of the molecule is CC(C)Nc1nc(Cl)cc(-c2ccccc2)n1. The molecule has 0 saturated carbocycles. The van der Waals surface area contributed by atoms with Crippen molar-refractivity contribution in [1.82, 2.24) is 9.97 Å². The van der Waals surface area contributed by atoms with Crippen molar-refractivity contribution in [3.63, 3.8) is 0 Å². The number of hydrogen-bond donors (Lipinski definition) is 1. The molecule has 0 saturated heterocycles. The maximum absolute atomic E-state index is 5.99. The fraction of sp³-hybridized carbons (Fsp3) is 0.231. The number of hydrogen-bond acceptors (Lipinski definition) is 3. The maximum atomic E-state index is 5.99. The van der Waals surface area contributed by atoms with Crippen LogP contribution in [0, 0.1) is 0 Å². The van der Waals surface area contributed by atoms with Gasteiger partial charge in [0.25, 0.3) is 0 Å². The molecular weight excluding hydrogens is 234 g/mol. The number of halogens is 1. The van der Waals surface area contributed by atoms with Crippen LogP contribution in [0.15, 0.2) is 36.4 Å². The second-order valence-corrected chi connectivity index (χ2v) is 4.45. The monoisotopic (exact) mass is 247 g/mol. The Balaban J connectivity index is 2.38. The van der Waals surface area contributed by atoms with Gasteiger partial charge in [-0.3, -0.25) is 0 Å². The van der Waals surface area contributed by atoms with E-state index >= 15 is 0 Å². The molecule has 0 unspecified atom stereocenters. The minimum atomic E-state index is 0.275. The molecule has 2 rings (SSSR count). The van der Waals surface area contributed by atoms with Crippen molar-refractivity contribution < 1.29 is 0 Å². The van der Waals surface area contributed by atoms with Gasteiger partial charge >= 0.3 is 0 Å². The number of benzene rings is 1. The third kappa shape index (κ3) is 3.17. The molecule has 0 spiro atoms. The van der Waals surface area contributed by atoms with Gasteiger partial charge in [-0.25, -0.2) is 9.97 Å². The Morgan fingerprint density at radius 2 is 1.82 bits per heavy atom. The lowest BCUT2D eigenvalue weighted by Crippen LogP contribution is -2.12. The van der Waals surface area contributed by atoms with E-state index in [0.29, 0.717) is 11.1 Å². The Morgan fingerprint density at radius 1 is 1.12 bits per heavy atom. The minimum absolute atomic E-state index is 0.275. The molecule has 0 aliphatic rings. The van der Waals surface area contributed by atoms with Gasteiger partial charge in [0.1, 0.15) is 5.15 Å². The van der Waals surface area contributed by atoms with Gasteiger partial charge in [0.2, 0.25) is 5.95 Å². The summed E-state index contributed by atoms with van der Waals surface area (Å²) in [6.07, 6.45) is 0. The highest BCUT2D eigenvalue weighted by molar-refractivity contribution is 6.29. The van der Waals surface area contributed by atoms with Crippen molar-refractivity contribution >= 4 is 17.5 Å². The van der Waals surface area contributed by atoms with E-state index in [-0.39, 0.29) is 6.04 Å². The van der Waals surface area contributed by atoms with Gasteiger partial charge in [0.15, 0.2) is 0 Å². The largest absolute Gasteiger partial charge is 0.352 e. The van der Waals surface area contributed by atoms with E-state index in [1.165, 1.54) is 0 Å². The quantitative estimate of drug-likeness (QED) is 0.842. The number of anilines is 1. The second-order valence-electron chi connectivity index (χ2n) is 4.06. The van der Waals surface area contributed by atoms with Gasteiger partial charge in [-0.2, -0.15) is 0 Å². The summed E-state index contributed by atoms with van der Waals surface area (Å²) in [5.41, 5.74) is 1.86. The second kappa shape index (κ2) is 5.15. The Labute approximate surface area is 106 Å². The van der Waals surface area contributed by atoms with Crippen LogP contribution in [0.1, 0.15) is 13.8 Å². The van der Waals surface area contributed by atoms with Crippen molar-refractivity contribution in [2.24, 2.45) is 0 Å². The highest BCUT2D eigenvalue weighted by Gasteiger charge is 2.05. The molecule has 0 atom stereocenters. The van der Waals surface area contributed by atoms with Crippen LogP contribution in [0.2, 0.25) is 5.15 Å². The van der Waals surface area contributed by atoms with Crippen LogP contribution in [0.4, 0.5) is 5.95 Å². The smallest absolute Gasteiger partial charge is 0.224 e. The number of nitrogens with one attached hydrogen (secondary N) is 1. The van der Waals surface area contributed by atoms with Crippen LogP contribution in [0.3, 0.4) is 0 Å². The third-order valence-corrected chi connectivity index (χ3v) is 2.38. The molecule has 0 radical (unpaired) electrons. The lowest BCUT2D eigenvalue weighted by Gasteiger charge is -2.09. The van der Waals surface area contributed by atoms with E-state index < -0.39 is 0 Å². The van der Waals surface area contributed by atoms with Crippen molar-refractivity contribution in [2.75, 3.05) is 5.32 Å². The molecule has 0 bridgehead atoms. The molecule has 1 heterocycles. The van der Waals surface area contributed by atoms with Crippen molar-refractivity contribution in [3.05, 3.63) is 41.6 Å². The van der Waals surface area contributed by atoms with Gasteiger partial charge in [0.05, 0.1) is 5.69 Å². The number of aromatic nitrogens is 2. The maximum Gasteiger partial charge on any atom is 0.224 e. The van der Waals surface area contributed by atoms with Crippen LogP contribution in [-0.4, -0.2) is 16.0 Å². The van der Waals surface area contributed by atoms with Gasteiger partial charge in [-0.05, 0) is 13.8 Å². The fourth-order valence-electron chi connectivity index (χ4n) is 1.50. The zero-order valence-electron chi connectivity index (χ0n) is 9.81. The predicted molar refractivity (Wildman–Crippen MR) is 71.2 cm³/mol. The first kappa shape index (κ1) is 11.9. The van der Waals surface area contributed by atoms with Crippen LogP contribution >= 0.6 is 11.6 Å². The number of rotatable bonds is 3. The van der Waals surface area contributed by atoms with Crippen molar-refractivity contribution in [3.8, 4) is 11.3 Å². The first-order valence-electron chi connectivity index (χ1n) is 5.51. The molecule has 88 valence electrons. The summed E-state index contributed by atoms with van der Waals surface area (Å²) in [5.74, 6) is 0.561. The summed E-state index contributed by atoms with van der Waals surface area (Å²) in [6.45, 7) is 4.07. The Hall–Kier alpha value is -1.61. The standard InChI is InChI=1S/C13H14ClN3/c1-9(2)15-13-16-11(8-12(14)17-13)10-6-4-3-5-7-10/h3-9H,1-2H3,(H,15,16,17). The summed E-state index contributed by atoms with van der Waals surface area (Å²) >= 11 is 5.99. The summed E-state index contributed by atoms with van der Waals surface area (Å²) in [4.78, 5) is 8.58. The normalized spacial score (nSPS) is 10.6. The molecule has 0 fully saturated rings. The molecule has 1 N–H and O–H groups in total. The van der Waals surface area contributed by atoms with Gasteiger partial charge in [-0.1, -0.05) is 41.9 Å². The Morgan fingerprint density at radius 3 is 2.47 bits per heavy atom. The lowest BCUT2D eigenvalue weighted by atomic mass is 10.1. The summed E-state index contributed by atoms with van der Waals surface area (Å²) in [5, 5.41) is 3.60. The molecule has 17 heavy (non-hydrogen) atoms. The fourth-order valence-corrected chi connectivity index (χ4v) is 1.68. The Bertz CT molecular complexity index is 497. The van der Waals surface area contributed by atoms with Crippen molar-refractivity contribution in [2.45, 2.75) is 19.9 Å². The molecule has 2 aromatic rings. The molecule has 1 aromatic carbocycles. The first-order valence-corrected chi connectivity index (χ1v) is 5.89. The summed E-state index contributed by atoms with van der Waals surface area (Å²) in [6, 6.07) is 12.0. The highest BCUT2D eigenvalue weighted by Crippen LogP contribution is 2.21. The topological polar surface area (TPSA) is 37.8 Å². The molecule has 1 aromatic heterocycles.